The first-order valence-corrected chi connectivity index (χ1v) is 14.7. The standard InChI is InChI=1S/C31H38N4O2S/c1-31(2)17-25-28(30(35-11-13-37-14-12-35)38-29(25)27(36)18-31)23-7-9-33-26(16-23)22-6-4-5-21(15-22)19-34-10-8-24(20-34)32-3/h4-7,9,15-16,24,32H,8,10-14,17-20H2,1-3H3/t24-/m1/s1. The maximum atomic E-state index is 13.2. The van der Waals surface area contributed by atoms with Gasteiger partial charge in [0.15, 0.2) is 5.78 Å². The number of Topliss-reactive ketones (excluding diaryl/α,β-unsaturated/α-hetero) is 1. The lowest BCUT2D eigenvalue weighted by Gasteiger charge is -2.30. The zero-order valence-electron chi connectivity index (χ0n) is 22.8. The van der Waals surface area contributed by atoms with E-state index in [0.29, 0.717) is 12.5 Å². The van der Waals surface area contributed by atoms with Crippen molar-refractivity contribution in [2.75, 3.05) is 51.3 Å². The van der Waals surface area contributed by atoms with Crippen molar-refractivity contribution in [3.8, 4) is 22.4 Å². The number of likely N-dealkylation sites (tertiary alicyclic amines) is 1. The van der Waals surface area contributed by atoms with Crippen molar-refractivity contribution < 1.29 is 9.53 Å². The van der Waals surface area contributed by atoms with E-state index in [-0.39, 0.29) is 11.2 Å². The third-order valence-corrected chi connectivity index (χ3v) is 9.53. The van der Waals surface area contributed by atoms with E-state index in [9.17, 15) is 4.79 Å². The monoisotopic (exact) mass is 530 g/mol. The minimum absolute atomic E-state index is 0.0335. The molecule has 0 radical (unpaired) electrons. The maximum absolute atomic E-state index is 13.2. The van der Waals surface area contributed by atoms with Gasteiger partial charge >= 0.3 is 0 Å². The van der Waals surface area contributed by atoms with Crippen LogP contribution in [0.5, 0.6) is 0 Å². The second kappa shape index (κ2) is 10.5. The largest absolute Gasteiger partial charge is 0.378 e. The SMILES string of the molecule is CN[C@@H]1CCN(Cc2cccc(-c3cc(-c4c(N5CCOCC5)sc5c4CC(C)(C)CC5=O)ccn3)c2)C1. The number of aromatic nitrogens is 1. The highest BCUT2D eigenvalue weighted by Crippen LogP contribution is 2.49. The number of fused-ring (bicyclic) bond motifs is 1. The number of likely N-dealkylation sites (N-methyl/N-ethyl adjacent to an activating group) is 1. The minimum Gasteiger partial charge on any atom is -0.378 e. The molecular weight excluding hydrogens is 492 g/mol. The fourth-order valence-corrected chi connectivity index (χ4v) is 7.56. The number of hydrogen-bond acceptors (Lipinski definition) is 7. The van der Waals surface area contributed by atoms with Crippen LogP contribution in [-0.4, -0.2) is 68.1 Å². The molecule has 0 amide bonds. The molecule has 3 aromatic rings. The van der Waals surface area contributed by atoms with E-state index in [0.717, 1.165) is 74.1 Å². The van der Waals surface area contributed by atoms with Crippen LogP contribution in [0.1, 0.15) is 47.5 Å². The summed E-state index contributed by atoms with van der Waals surface area (Å²) in [6.45, 7) is 10.8. The molecule has 2 saturated heterocycles. The highest BCUT2D eigenvalue weighted by Gasteiger charge is 2.37. The van der Waals surface area contributed by atoms with Crippen LogP contribution >= 0.6 is 11.3 Å². The van der Waals surface area contributed by atoms with Crippen LogP contribution in [0.2, 0.25) is 0 Å². The first kappa shape index (κ1) is 25.7. The molecule has 200 valence electrons. The van der Waals surface area contributed by atoms with Gasteiger partial charge in [-0.15, -0.1) is 11.3 Å². The number of ether oxygens (including phenoxy) is 1. The van der Waals surface area contributed by atoms with Crippen molar-refractivity contribution in [1.82, 2.24) is 15.2 Å². The van der Waals surface area contributed by atoms with Crippen LogP contribution in [0.15, 0.2) is 42.6 Å². The highest BCUT2D eigenvalue weighted by atomic mass is 32.1. The number of morpholine rings is 1. The topological polar surface area (TPSA) is 57.7 Å². The summed E-state index contributed by atoms with van der Waals surface area (Å²) < 4.78 is 5.65. The number of thiophene rings is 1. The van der Waals surface area contributed by atoms with Crippen LogP contribution < -0.4 is 10.2 Å². The van der Waals surface area contributed by atoms with Gasteiger partial charge in [-0.25, -0.2) is 0 Å². The summed E-state index contributed by atoms with van der Waals surface area (Å²) >= 11 is 1.69. The second-order valence-electron chi connectivity index (χ2n) is 11.8. The molecule has 6 rings (SSSR count). The molecule has 1 aromatic carbocycles. The number of hydrogen-bond donors (Lipinski definition) is 1. The molecule has 1 atom stereocenters. The van der Waals surface area contributed by atoms with Gasteiger partial charge in [-0.2, -0.15) is 0 Å². The normalized spacial score (nSPS) is 21.6. The van der Waals surface area contributed by atoms with E-state index in [2.05, 4.69) is 72.4 Å². The van der Waals surface area contributed by atoms with E-state index in [4.69, 9.17) is 9.72 Å². The van der Waals surface area contributed by atoms with Crippen molar-refractivity contribution >= 4 is 22.1 Å². The van der Waals surface area contributed by atoms with Gasteiger partial charge in [0.25, 0.3) is 0 Å². The average molecular weight is 531 g/mol. The van der Waals surface area contributed by atoms with Crippen LogP contribution in [-0.2, 0) is 17.7 Å². The smallest absolute Gasteiger partial charge is 0.173 e. The Hall–Kier alpha value is -2.58. The predicted octanol–water partition coefficient (Wildman–Crippen LogP) is 5.26. The fraction of sp³-hybridized carbons (Fsp3) is 0.484. The summed E-state index contributed by atoms with van der Waals surface area (Å²) in [5, 5.41) is 4.62. The third kappa shape index (κ3) is 5.17. The molecular formula is C31H38N4O2S. The number of carbonyl (C=O) groups is 1. The number of pyridine rings is 1. The van der Waals surface area contributed by atoms with E-state index < -0.39 is 0 Å². The molecule has 0 bridgehead atoms. The Bertz CT molecular complexity index is 1330. The van der Waals surface area contributed by atoms with Gasteiger partial charge in [0.2, 0.25) is 0 Å². The summed E-state index contributed by atoms with van der Waals surface area (Å²) in [4.78, 5) is 23.9. The number of nitrogens with zero attached hydrogens (tertiary/aromatic N) is 3. The summed E-state index contributed by atoms with van der Waals surface area (Å²) in [7, 11) is 2.05. The van der Waals surface area contributed by atoms with Crippen LogP contribution in [0.25, 0.3) is 22.4 Å². The first-order valence-electron chi connectivity index (χ1n) is 13.9. The van der Waals surface area contributed by atoms with Gasteiger partial charge in [0.05, 0.1) is 28.8 Å². The van der Waals surface area contributed by atoms with Crippen molar-refractivity contribution in [2.45, 2.75) is 45.7 Å². The van der Waals surface area contributed by atoms with Crippen molar-refractivity contribution in [3.05, 3.63) is 58.6 Å². The fourth-order valence-electron chi connectivity index (χ4n) is 6.23. The summed E-state index contributed by atoms with van der Waals surface area (Å²) in [5.41, 5.74) is 7.01. The van der Waals surface area contributed by atoms with E-state index in [1.807, 2.05) is 6.20 Å². The molecule has 0 unspecified atom stereocenters. The lowest BCUT2D eigenvalue weighted by atomic mass is 9.75. The van der Waals surface area contributed by atoms with E-state index >= 15 is 0 Å². The molecule has 2 aromatic heterocycles. The number of benzene rings is 1. The molecule has 0 saturated carbocycles. The van der Waals surface area contributed by atoms with Crippen LogP contribution in [0.4, 0.5) is 5.00 Å². The zero-order chi connectivity index (χ0) is 26.3. The molecule has 2 fully saturated rings. The Morgan fingerprint density at radius 3 is 2.74 bits per heavy atom. The number of anilines is 1. The molecule has 6 nitrogen and oxygen atoms in total. The van der Waals surface area contributed by atoms with Gasteiger partial charge < -0.3 is 15.0 Å². The Labute approximate surface area is 230 Å². The summed E-state index contributed by atoms with van der Waals surface area (Å²) in [5.74, 6) is 0.284. The van der Waals surface area contributed by atoms with Crippen LogP contribution in [0.3, 0.4) is 0 Å². The van der Waals surface area contributed by atoms with Crippen molar-refractivity contribution in [2.24, 2.45) is 5.41 Å². The summed E-state index contributed by atoms with van der Waals surface area (Å²) in [6, 6.07) is 13.8. The Balaban J connectivity index is 1.36. The third-order valence-electron chi connectivity index (χ3n) is 8.19. The second-order valence-corrected chi connectivity index (χ2v) is 12.8. The molecule has 1 N–H and O–H groups in total. The van der Waals surface area contributed by atoms with Crippen LogP contribution in [0, 0.1) is 5.41 Å². The first-order chi connectivity index (χ1) is 18.4. The minimum atomic E-state index is -0.0335. The Morgan fingerprint density at radius 1 is 1.11 bits per heavy atom. The van der Waals surface area contributed by atoms with E-state index in [1.54, 1.807) is 11.3 Å². The predicted molar refractivity (Wildman–Crippen MR) is 155 cm³/mol. The quantitative estimate of drug-likeness (QED) is 0.469. The van der Waals surface area contributed by atoms with Crippen molar-refractivity contribution in [1.29, 1.82) is 0 Å². The van der Waals surface area contributed by atoms with Crippen molar-refractivity contribution in [3.63, 3.8) is 0 Å². The lowest BCUT2D eigenvalue weighted by Crippen LogP contribution is -2.36. The van der Waals surface area contributed by atoms with E-state index in [1.165, 1.54) is 28.1 Å². The number of ketones is 1. The van der Waals surface area contributed by atoms with Gasteiger partial charge in [-0.3, -0.25) is 14.7 Å². The van der Waals surface area contributed by atoms with Gasteiger partial charge in [-0.05, 0) is 60.2 Å². The van der Waals surface area contributed by atoms with Gasteiger partial charge in [-0.1, -0.05) is 32.0 Å². The molecule has 0 spiro atoms. The highest BCUT2D eigenvalue weighted by molar-refractivity contribution is 7.19. The summed E-state index contributed by atoms with van der Waals surface area (Å²) in [6.07, 6.45) is 4.66. The van der Waals surface area contributed by atoms with Gasteiger partial charge in [0.1, 0.15) is 0 Å². The Morgan fingerprint density at radius 2 is 1.95 bits per heavy atom. The van der Waals surface area contributed by atoms with Gasteiger partial charge in [0, 0.05) is 62.5 Å². The molecule has 4 heterocycles. The molecule has 38 heavy (non-hydrogen) atoms. The number of rotatable bonds is 6. The number of nitrogens with one attached hydrogen (secondary N) is 1. The Kier molecular flexibility index (Phi) is 7.12. The zero-order valence-corrected chi connectivity index (χ0v) is 23.6. The number of carbonyl (C=O) groups excluding carboxylic acids is 1. The molecule has 2 aliphatic heterocycles. The molecule has 3 aliphatic rings. The maximum Gasteiger partial charge on any atom is 0.173 e. The lowest BCUT2D eigenvalue weighted by molar-refractivity contribution is 0.0918. The molecule has 1 aliphatic carbocycles. The molecule has 7 heteroatoms. The average Bonchev–Trinajstić information content (AvgIpc) is 3.53.